The first-order chi connectivity index (χ1) is 11.5. The van der Waals surface area contributed by atoms with Gasteiger partial charge in [0.1, 0.15) is 0 Å². The predicted octanol–water partition coefficient (Wildman–Crippen LogP) is 1.44. The second-order valence-corrected chi connectivity index (χ2v) is 5.72. The summed E-state index contributed by atoms with van der Waals surface area (Å²) in [4.78, 5) is 25.7. The van der Waals surface area contributed by atoms with Crippen LogP contribution in [-0.4, -0.2) is 57.1 Å². The molecule has 0 radical (unpaired) electrons. The maximum absolute atomic E-state index is 12.3. The van der Waals surface area contributed by atoms with Gasteiger partial charge >= 0.3 is 0 Å². The SMILES string of the molecule is CCc1cccc(CC)c1NC(=O)CN(C)CC(=O)NCCOC. The molecule has 0 unspecified atom stereocenters. The monoisotopic (exact) mass is 335 g/mol. The molecule has 0 saturated heterocycles. The van der Waals surface area contributed by atoms with E-state index >= 15 is 0 Å². The number of rotatable bonds is 10. The Morgan fingerprint density at radius 1 is 1.08 bits per heavy atom. The molecule has 0 saturated carbocycles. The second-order valence-electron chi connectivity index (χ2n) is 5.72. The lowest BCUT2D eigenvalue weighted by atomic mass is 10.0. The highest BCUT2D eigenvalue weighted by atomic mass is 16.5. The Hall–Kier alpha value is -1.92. The number of amides is 2. The zero-order valence-corrected chi connectivity index (χ0v) is 15.1. The van der Waals surface area contributed by atoms with E-state index in [9.17, 15) is 9.59 Å². The molecule has 6 heteroatoms. The molecule has 0 atom stereocenters. The van der Waals surface area contributed by atoms with E-state index in [4.69, 9.17) is 4.74 Å². The normalized spacial score (nSPS) is 10.7. The smallest absolute Gasteiger partial charge is 0.238 e. The van der Waals surface area contributed by atoms with E-state index in [1.54, 1.807) is 19.1 Å². The third-order valence-electron chi connectivity index (χ3n) is 3.72. The molecule has 134 valence electrons. The van der Waals surface area contributed by atoms with Gasteiger partial charge in [-0.15, -0.1) is 0 Å². The van der Waals surface area contributed by atoms with E-state index < -0.39 is 0 Å². The number of likely N-dealkylation sites (N-methyl/N-ethyl adjacent to an activating group) is 1. The average molecular weight is 335 g/mol. The van der Waals surface area contributed by atoms with Gasteiger partial charge in [0.25, 0.3) is 0 Å². The Morgan fingerprint density at radius 2 is 1.67 bits per heavy atom. The fraction of sp³-hybridized carbons (Fsp3) is 0.556. The average Bonchev–Trinajstić information content (AvgIpc) is 2.54. The van der Waals surface area contributed by atoms with Crippen molar-refractivity contribution in [3.8, 4) is 0 Å². The molecule has 0 spiro atoms. The van der Waals surface area contributed by atoms with Crippen LogP contribution in [0.15, 0.2) is 18.2 Å². The fourth-order valence-electron chi connectivity index (χ4n) is 2.48. The van der Waals surface area contributed by atoms with Gasteiger partial charge in [-0.25, -0.2) is 0 Å². The number of carbonyl (C=O) groups is 2. The summed E-state index contributed by atoms with van der Waals surface area (Å²) in [7, 11) is 3.34. The number of ether oxygens (including phenoxy) is 1. The van der Waals surface area contributed by atoms with Gasteiger partial charge in [0.2, 0.25) is 11.8 Å². The van der Waals surface area contributed by atoms with Gasteiger partial charge in [0.15, 0.2) is 0 Å². The van der Waals surface area contributed by atoms with Crippen molar-refractivity contribution >= 4 is 17.5 Å². The Kier molecular flexibility index (Phi) is 9.04. The molecule has 0 aliphatic rings. The number of hydrogen-bond donors (Lipinski definition) is 2. The minimum absolute atomic E-state index is 0.113. The van der Waals surface area contributed by atoms with Crippen LogP contribution in [0.2, 0.25) is 0 Å². The molecule has 0 aromatic heterocycles. The van der Waals surface area contributed by atoms with Crippen molar-refractivity contribution < 1.29 is 14.3 Å². The van der Waals surface area contributed by atoms with Crippen LogP contribution in [0.1, 0.15) is 25.0 Å². The lowest BCUT2D eigenvalue weighted by Gasteiger charge is -2.18. The van der Waals surface area contributed by atoms with E-state index in [1.807, 2.05) is 18.2 Å². The van der Waals surface area contributed by atoms with Crippen LogP contribution in [-0.2, 0) is 27.2 Å². The van der Waals surface area contributed by atoms with Crippen LogP contribution in [0.25, 0.3) is 0 Å². The van der Waals surface area contributed by atoms with Gasteiger partial charge in [-0.3, -0.25) is 14.5 Å². The number of anilines is 1. The molecule has 2 N–H and O–H groups in total. The van der Waals surface area contributed by atoms with Crippen molar-refractivity contribution in [1.29, 1.82) is 0 Å². The van der Waals surface area contributed by atoms with Crippen molar-refractivity contribution in [2.24, 2.45) is 0 Å². The minimum atomic E-state index is -0.120. The molecular formula is C18H29N3O3. The summed E-state index contributed by atoms with van der Waals surface area (Å²) < 4.78 is 4.88. The van der Waals surface area contributed by atoms with E-state index in [2.05, 4.69) is 24.5 Å². The molecule has 0 aliphatic heterocycles. The highest BCUT2D eigenvalue weighted by molar-refractivity contribution is 5.94. The number of aryl methyl sites for hydroxylation is 2. The number of benzene rings is 1. The van der Waals surface area contributed by atoms with Crippen LogP contribution in [0, 0.1) is 0 Å². The molecule has 6 nitrogen and oxygen atoms in total. The van der Waals surface area contributed by atoms with Crippen LogP contribution >= 0.6 is 0 Å². The first-order valence-electron chi connectivity index (χ1n) is 8.36. The van der Waals surface area contributed by atoms with Crippen molar-refractivity contribution in [2.75, 3.05) is 45.7 Å². The van der Waals surface area contributed by atoms with Crippen LogP contribution in [0.3, 0.4) is 0 Å². The van der Waals surface area contributed by atoms with Gasteiger partial charge in [-0.2, -0.15) is 0 Å². The molecule has 1 aromatic rings. The molecule has 0 aliphatic carbocycles. The molecule has 1 aromatic carbocycles. The topological polar surface area (TPSA) is 70.7 Å². The minimum Gasteiger partial charge on any atom is -0.383 e. The molecule has 0 fully saturated rings. The number of nitrogens with one attached hydrogen (secondary N) is 2. The number of nitrogens with zero attached hydrogens (tertiary/aromatic N) is 1. The third kappa shape index (κ3) is 6.68. The van der Waals surface area contributed by atoms with Gasteiger partial charge < -0.3 is 15.4 Å². The summed E-state index contributed by atoms with van der Waals surface area (Å²) >= 11 is 0. The van der Waals surface area contributed by atoms with Gasteiger partial charge in [-0.05, 0) is 31.0 Å². The van der Waals surface area contributed by atoms with Crippen LogP contribution < -0.4 is 10.6 Å². The van der Waals surface area contributed by atoms with Crippen LogP contribution in [0.5, 0.6) is 0 Å². The van der Waals surface area contributed by atoms with Gasteiger partial charge in [0, 0.05) is 19.3 Å². The Morgan fingerprint density at radius 3 is 2.21 bits per heavy atom. The van der Waals surface area contributed by atoms with Crippen molar-refractivity contribution in [2.45, 2.75) is 26.7 Å². The number of para-hydroxylation sites is 1. The third-order valence-corrected chi connectivity index (χ3v) is 3.72. The molecule has 0 heterocycles. The zero-order chi connectivity index (χ0) is 17.9. The first-order valence-corrected chi connectivity index (χ1v) is 8.36. The summed E-state index contributed by atoms with van der Waals surface area (Å²) in [5, 5.41) is 5.74. The van der Waals surface area contributed by atoms with E-state index in [0.29, 0.717) is 13.2 Å². The van der Waals surface area contributed by atoms with Crippen molar-refractivity contribution in [3.05, 3.63) is 29.3 Å². The zero-order valence-electron chi connectivity index (χ0n) is 15.1. The fourth-order valence-corrected chi connectivity index (χ4v) is 2.48. The molecule has 24 heavy (non-hydrogen) atoms. The summed E-state index contributed by atoms with van der Waals surface area (Å²) in [6.07, 6.45) is 1.72. The van der Waals surface area contributed by atoms with Crippen molar-refractivity contribution in [3.63, 3.8) is 0 Å². The maximum Gasteiger partial charge on any atom is 0.238 e. The molecule has 0 bridgehead atoms. The van der Waals surface area contributed by atoms with E-state index in [-0.39, 0.29) is 24.9 Å². The van der Waals surface area contributed by atoms with Crippen molar-refractivity contribution in [1.82, 2.24) is 10.2 Å². The predicted molar refractivity (Wildman–Crippen MR) is 96.2 cm³/mol. The van der Waals surface area contributed by atoms with E-state index in [1.165, 1.54) is 0 Å². The molecular weight excluding hydrogens is 306 g/mol. The quantitative estimate of drug-likeness (QED) is 0.635. The maximum atomic E-state index is 12.3. The highest BCUT2D eigenvalue weighted by Crippen LogP contribution is 2.22. The lowest BCUT2D eigenvalue weighted by molar-refractivity contribution is -0.123. The standard InChI is InChI=1S/C18H29N3O3/c1-5-14-8-7-9-15(6-2)18(14)20-17(23)13-21(3)12-16(22)19-10-11-24-4/h7-9H,5-6,10-13H2,1-4H3,(H,19,22)(H,20,23). The van der Waals surface area contributed by atoms with Crippen LogP contribution in [0.4, 0.5) is 5.69 Å². The number of hydrogen-bond acceptors (Lipinski definition) is 4. The van der Waals surface area contributed by atoms with Gasteiger partial charge in [0.05, 0.1) is 19.7 Å². The van der Waals surface area contributed by atoms with E-state index in [0.717, 1.165) is 29.7 Å². The largest absolute Gasteiger partial charge is 0.383 e. The summed E-state index contributed by atoms with van der Waals surface area (Å²) in [6, 6.07) is 6.08. The summed E-state index contributed by atoms with van der Waals surface area (Å²) in [5.74, 6) is -0.233. The number of methoxy groups -OCH3 is 1. The summed E-state index contributed by atoms with van der Waals surface area (Å²) in [6.45, 7) is 5.43. The molecule has 2 amide bonds. The van der Waals surface area contributed by atoms with Gasteiger partial charge in [-0.1, -0.05) is 32.0 Å². The Labute approximate surface area is 144 Å². The first kappa shape index (κ1) is 20.1. The highest BCUT2D eigenvalue weighted by Gasteiger charge is 2.13. The molecule has 1 rings (SSSR count). The number of carbonyl (C=O) groups excluding carboxylic acids is 2. The summed E-state index contributed by atoms with van der Waals surface area (Å²) in [5.41, 5.74) is 3.16. The second kappa shape index (κ2) is 10.8. The Balaban J connectivity index is 2.55. The lowest BCUT2D eigenvalue weighted by Crippen LogP contribution is -2.39. The Bertz CT molecular complexity index is 524.